The zero-order valence-electron chi connectivity index (χ0n) is 20.3. The van der Waals surface area contributed by atoms with Crippen LogP contribution in [0.5, 0.6) is 11.5 Å². The van der Waals surface area contributed by atoms with Gasteiger partial charge in [-0.1, -0.05) is 24.3 Å². The van der Waals surface area contributed by atoms with Crippen molar-refractivity contribution < 1.29 is 27.4 Å². The molecule has 0 spiro atoms. The first-order chi connectivity index (χ1) is 17.3. The van der Waals surface area contributed by atoms with Gasteiger partial charge in [0.2, 0.25) is 10.0 Å². The molecule has 1 aliphatic rings. The predicted molar refractivity (Wildman–Crippen MR) is 137 cm³/mol. The van der Waals surface area contributed by atoms with Crippen LogP contribution in [0.4, 0.5) is 5.69 Å². The Bertz CT molecular complexity index is 1260. The lowest BCUT2D eigenvalue weighted by atomic mass is 10.2. The maximum absolute atomic E-state index is 13.3. The summed E-state index contributed by atoms with van der Waals surface area (Å²) in [4.78, 5) is 12.9. The molecule has 0 aliphatic carbocycles. The maximum Gasteiger partial charge on any atom is 0.255 e. The number of anilines is 1. The molecule has 1 heterocycles. The Labute approximate surface area is 211 Å². The van der Waals surface area contributed by atoms with Crippen molar-refractivity contribution >= 4 is 21.6 Å². The van der Waals surface area contributed by atoms with Gasteiger partial charge < -0.3 is 19.5 Å². The van der Waals surface area contributed by atoms with E-state index < -0.39 is 22.0 Å². The molecule has 0 radical (unpaired) electrons. The summed E-state index contributed by atoms with van der Waals surface area (Å²) in [6.07, 6.45) is -0.351. The van der Waals surface area contributed by atoms with E-state index in [0.29, 0.717) is 17.2 Å². The second-order valence-electron chi connectivity index (χ2n) is 8.65. The average molecular weight is 511 g/mol. The summed E-state index contributed by atoms with van der Waals surface area (Å²) in [5.74, 6) is 0.997. The number of sulfonamides is 1. The van der Waals surface area contributed by atoms with Gasteiger partial charge in [0.25, 0.3) is 5.91 Å². The monoisotopic (exact) mass is 510 g/mol. The molecule has 1 fully saturated rings. The lowest BCUT2D eigenvalue weighted by molar-refractivity contribution is -0.0249. The van der Waals surface area contributed by atoms with E-state index in [1.54, 1.807) is 36.4 Å². The number of carbonyl (C=O) groups is 1. The Balaban J connectivity index is 1.41. The zero-order valence-corrected chi connectivity index (χ0v) is 21.1. The van der Waals surface area contributed by atoms with E-state index >= 15 is 0 Å². The van der Waals surface area contributed by atoms with Crippen LogP contribution in [0.3, 0.4) is 0 Å². The van der Waals surface area contributed by atoms with Crippen molar-refractivity contribution in [2.45, 2.75) is 31.0 Å². The summed E-state index contributed by atoms with van der Waals surface area (Å²) in [7, 11) is -3.82. The first-order valence-corrected chi connectivity index (χ1v) is 13.2. The second-order valence-corrected chi connectivity index (χ2v) is 10.6. The fourth-order valence-electron chi connectivity index (χ4n) is 3.76. The van der Waals surface area contributed by atoms with Gasteiger partial charge in [0, 0.05) is 24.3 Å². The third-order valence-electron chi connectivity index (χ3n) is 5.50. The number of nitrogens with one attached hydrogen (secondary N) is 1. The number of rotatable bonds is 9. The minimum Gasteiger partial charge on any atom is -0.491 e. The van der Waals surface area contributed by atoms with E-state index in [1.807, 2.05) is 44.2 Å². The number of ether oxygens (including phenoxy) is 3. The van der Waals surface area contributed by atoms with E-state index in [-0.39, 0.29) is 42.9 Å². The van der Waals surface area contributed by atoms with Crippen molar-refractivity contribution in [1.29, 1.82) is 0 Å². The fraction of sp³-hybridized carbons (Fsp3) is 0.296. The van der Waals surface area contributed by atoms with Gasteiger partial charge in [-0.05, 0) is 68.4 Å². The molecule has 9 heteroatoms. The molecule has 0 aromatic heterocycles. The van der Waals surface area contributed by atoms with Crippen LogP contribution in [0.2, 0.25) is 0 Å². The summed E-state index contributed by atoms with van der Waals surface area (Å²) in [5.41, 5.74) is 0.828. The molecule has 4 rings (SSSR count). The van der Waals surface area contributed by atoms with Crippen LogP contribution in [-0.4, -0.2) is 57.1 Å². The number of hydrogen-bond donors (Lipinski definition) is 1. The Morgan fingerprint density at radius 2 is 1.78 bits per heavy atom. The highest BCUT2D eigenvalue weighted by atomic mass is 32.2. The predicted octanol–water partition coefficient (Wildman–Crippen LogP) is 4.19. The SMILES string of the molecule is CC(C)Oc1ccc(NC(=O)c2cccc(S(=O)(=O)N3CCOC(COc4ccccc4)C3)c2)cc1. The molecule has 190 valence electrons. The number of nitrogens with zero attached hydrogens (tertiary/aromatic N) is 1. The first kappa shape index (κ1) is 25.7. The normalized spacial score (nSPS) is 16.5. The molecular formula is C27H30N2O6S. The van der Waals surface area contributed by atoms with Gasteiger partial charge in [-0.15, -0.1) is 0 Å². The van der Waals surface area contributed by atoms with Crippen LogP contribution in [-0.2, 0) is 14.8 Å². The van der Waals surface area contributed by atoms with E-state index in [0.717, 1.165) is 0 Å². The number of carbonyl (C=O) groups excluding carboxylic acids is 1. The van der Waals surface area contributed by atoms with Crippen LogP contribution in [0.1, 0.15) is 24.2 Å². The van der Waals surface area contributed by atoms with E-state index in [9.17, 15) is 13.2 Å². The Morgan fingerprint density at radius 3 is 2.50 bits per heavy atom. The van der Waals surface area contributed by atoms with Crippen molar-refractivity contribution in [3.63, 3.8) is 0 Å². The molecule has 0 bridgehead atoms. The van der Waals surface area contributed by atoms with Crippen molar-refractivity contribution in [2.24, 2.45) is 0 Å². The standard InChI is InChI=1S/C27H30N2O6S/c1-20(2)35-24-13-11-22(12-14-24)28-27(30)21-7-6-10-26(17-21)36(31,32)29-15-16-33-25(18-29)19-34-23-8-4-3-5-9-23/h3-14,17,20,25H,15-16,18-19H2,1-2H3,(H,28,30). The number of morpholine rings is 1. The highest BCUT2D eigenvalue weighted by Gasteiger charge is 2.31. The fourth-order valence-corrected chi connectivity index (χ4v) is 5.26. The largest absolute Gasteiger partial charge is 0.491 e. The zero-order chi connectivity index (χ0) is 25.5. The lowest BCUT2D eigenvalue weighted by Gasteiger charge is -2.32. The molecule has 1 atom stereocenters. The summed E-state index contributed by atoms with van der Waals surface area (Å²) in [6, 6.07) is 22.4. The van der Waals surface area contributed by atoms with Gasteiger partial charge in [-0.3, -0.25) is 4.79 Å². The van der Waals surface area contributed by atoms with Crippen LogP contribution in [0.25, 0.3) is 0 Å². The third-order valence-corrected chi connectivity index (χ3v) is 7.36. The molecule has 8 nitrogen and oxygen atoms in total. The van der Waals surface area contributed by atoms with E-state index in [2.05, 4.69) is 5.32 Å². The second kappa shape index (κ2) is 11.6. The van der Waals surface area contributed by atoms with Gasteiger partial charge in [0.15, 0.2) is 0 Å². The summed E-state index contributed by atoms with van der Waals surface area (Å²) in [6.45, 7) is 4.76. The molecule has 1 N–H and O–H groups in total. The summed E-state index contributed by atoms with van der Waals surface area (Å²) >= 11 is 0. The van der Waals surface area contributed by atoms with Crippen LogP contribution >= 0.6 is 0 Å². The summed E-state index contributed by atoms with van der Waals surface area (Å²) < 4.78 is 45.1. The van der Waals surface area contributed by atoms with Gasteiger partial charge in [-0.25, -0.2) is 8.42 Å². The van der Waals surface area contributed by atoms with Crippen molar-refractivity contribution in [2.75, 3.05) is 31.6 Å². The quantitative estimate of drug-likeness (QED) is 0.464. The Morgan fingerprint density at radius 1 is 1.03 bits per heavy atom. The molecule has 1 aliphatic heterocycles. The molecule has 36 heavy (non-hydrogen) atoms. The van der Waals surface area contributed by atoms with Gasteiger partial charge in [0.1, 0.15) is 24.2 Å². The van der Waals surface area contributed by atoms with Crippen molar-refractivity contribution in [1.82, 2.24) is 4.31 Å². The van der Waals surface area contributed by atoms with Crippen molar-refractivity contribution in [3.8, 4) is 11.5 Å². The molecule has 3 aromatic rings. The first-order valence-electron chi connectivity index (χ1n) is 11.8. The Kier molecular flexibility index (Phi) is 8.25. The number of amides is 1. The molecule has 0 saturated carbocycles. The Hall–Kier alpha value is -3.40. The molecule has 1 amide bonds. The lowest BCUT2D eigenvalue weighted by Crippen LogP contribution is -2.47. The van der Waals surface area contributed by atoms with E-state index in [4.69, 9.17) is 14.2 Å². The molecular weight excluding hydrogens is 480 g/mol. The van der Waals surface area contributed by atoms with Gasteiger partial charge >= 0.3 is 0 Å². The number of para-hydroxylation sites is 1. The van der Waals surface area contributed by atoms with Crippen LogP contribution in [0, 0.1) is 0 Å². The highest BCUT2D eigenvalue weighted by Crippen LogP contribution is 2.22. The van der Waals surface area contributed by atoms with Crippen LogP contribution in [0.15, 0.2) is 83.8 Å². The molecule has 3 aromatic carbocycles. The highest BCUT2D eigenvalue weighted by molar-refractivity contribution is 7.89. The van der Waals surface area contributed by atoms with Gasteiger partial charge in [0.05, 0.1) is 17.6 Å². The van der Waals surface area contributed by atoms with Crippen LogP contribution < -0.4 is 14.8 Å². The average Bonchev–Trinajstić information content (AvgIpc) is 2.89. The third kappa shape index (κ3) is 6.63. The van der Waals surface area contributed by atoms with Crippen molar-refractivity contribution in [3.05, 3.63) is 84.4 Å². The number of hydrogen-bond acceptors (Lipinski definition) is 6. The minimum absolute atomic E-state index is 0.0493. The smallest absolute Gasteiger partial charge is 0.255 e. The van der Waals surface area contributed by atoms with Gasteiger partial charge in [-0.2, -0.15) is 4.31 Å². The molecule has 1 saturated heterocycles. The van der Waals surface area contributed by atoms with E-state index in [1.165, 1.54) is 16.4 Å². The maximum atomic E-state index is 13.3. The number of benzene rings is 3. The topological polar surface area (TPSA) is 94.2 Å². The summed E-state index contributed by atoms with van der Waals surface area (Å²) in [5, 5.41) is 2.80. The minimum atomic E-state index is -3.82. The molecule has 1 unspecified atom stereocenters.